The summed E-state index contributed by atoms with van der Waals surface area (Å²) >= 11 is 3.38. The molecule has 2 N–H and O–H groups in total. The fraction of sp³-hybridized carbons (Fsp3) is 0.278. The quantitative estimate of drug-likeness (QED) is 0.568. The normalized spacial score (nSPS) is 19.9. The number of halogens is 2. The molecule has 1 aliphatic heterocycles. The summed E-state index contributed by atoms with van der Waals surface area (Å²) in [6, 6.07) is 4.25. The standard InChI is InChI=1S/C18H17BrFN5O2/c1-9-7-21-18(26)13-8-22-25-4-3-15(24-17(13)25)23-10(2)12-5-11(20)6-14(19)16(12)27-9/h3-6,8-10H,7H2,1-2H3,(H,21,26)(H,23,24)/t9-,10+/m0/s1. The third kappa shape index (κ3) is 3.34. The van der Waals surface area contributed by atoms with E-state index in [2.05, 4.69) is 36.6 Å². The number of hydrogen-bond donors (Lipinski definition) is 2. The van der Waals surface area contributed by atoms with Crippen LogP contribution in [0.2, 0.25) is 0 Å². The monoisotopic (exact) mass is 433 g/mol. The molecule has 0 fully saturated rings. The van der Waals surface area contributed by atoms with E-state index in [0.717, 1.165) is 0 Å². The van der Waals surface area contributed by atoms with Crippen molar-refractivity contribution in [3.8, 4) is 5.75 Å². The summed E-state index contributed by atoms with van der Waals surface area (Å²) in [6.45, 7) is 4.01. The Morgan fingerprint density at radius 2 is 2.19 bits per heavy atom. The minimum Gasteiger partial charge on any atom is -0.487 e. The number of nitrogens with one attached hydrogen (secondary N) is 2. The second kappa shape index (κ2) is 6.80. The molecule has 2 atom stereocenters. The van der Waals surface area contributed by atoms with Crippen molar-refractivity contribution in [1.29, 1.82) is 0 Å². The van der Waals surface area contributed by atoms with Gasteiger partial charge in [-0.25, -0.2) is 13.9 Å². The summed E-state index contributed by atoms with van der Waals surface area (Å²) in [7, 11) is 0. The molecule has 7 nitrogen and oxygen atoms in total. The Kier molecular flexibility index (Phi) is 4.47. The molecule has 1 amide bonds. The summed E-state index contributed by atoms with van der Waals surface area (Å²) in [5, 5.41) is 10.2. The van der Waals surface area contributed by atoms with Crippen LogP contribution in [-0.4, -0.2) is 33.2 Å². The van der Waals surface area contributed by atoms with E-state index in [4.69, 9.17) is 4.74 Å². The van der Waals surface area contributed by atoms with Gasteiger partial charge in [0.05, 0.1) is 23.3 Å². The highest BCUT2D eigenvalue weighted by molar-refractivity contribution is 9.10. The first kappa shape index (κ1) is 17.7. The molecular weight excluding hydrogens is 417 g/mol. The highest BCUT2D eigenvalue weighted by Gasteiger charge is 2.22. The second-order valence-electron chi connectivity index (χ2n) is 6.45. The molecule has 0 spiro atoms. The van der Waals surface area contributed by atoms with Crippen molar-refractivity contribution in [3.05, 3.63) is 52.0 Å². The zero-order valence-corrected chi connectivity index (χ0v) is 16.2. The third-order valence-electron chi connectivity index (χ3n) is 4.35. The van der Waals surface area contributed by atoms with Crippen LogP contribution < -0.4 is 15.4 Å². The average molecular weight is 434 g/mol. The highest BCUT2D eigenvalue weighted by atomic mass is 79.9. The van der Waals surface area contributed by atoms with E-state index in [1.807, 2.05) is 13.8 Å². The van der Waals surface area contributed by atoms with Crippen molar-refractivity contribution in [3.63, 3.8) is 0 Å². The fourth-order valence-electron chi connectivity index (χ4n) is 3.01. The Morgan fingerprint density at radius 3 is 3.00 bits per heavy atom. The zero-order valence-electron chi connectivity index (χ0n) is 14.7. The van der Waals surface area contributed by atoms with Crippen LogP contribution in [0, 0.1) is 5.82 Å². The molecule has 0 saturated heterocycles. The van der Waals surface area contributed by atoms with Crippen molar-refractivity contribution in [2.75, 3.05) is 11.9 Å². The van der Waals surface area contributed by atoms with Gasteiger partial charge in [-0.15, -0.1) is 0 Å². The number of rotatable bonds is 0. The topological polar surface area (TPSA) is 80.6 Å². The summed E-state index contributed by atoms with van der Waals surface area (Å²) < 4.78 is 22.1. The third-order valence-corrected chi connectivity index (χ3v) is 4.94. The van der Waals surface area contributed by atoms with Gasteiger partial charge in [0.2, 0.25) is 0 Å². The fourth-order valence-corrected chi connectivity index (χ4v) is 3.55. The number of aromatic nitrogens is 3. The Hall–Kier alpha value is -2.68. The summed E-state index contributed by atoms with van der Waals surface area (Å²) in [5.41, 5.74) is 1.47. The van der Waals surface area contributed by atoms with Gasteiger partial charge in [-0.2, -0.15) is 5.10 Å². The SMILES string of the molecule is C[C@H]1CNC(=O)c2cnn3ccc(nc23)N[C@H](C)c2cc(F)cc(Br)c2O1. The largest absolute Gasteiger partial charge is 0.487 e. The van der Waals surface area contributed by atoms with E-state index in [0.29, 0.717) is 32.8 Å². The van der Waals surface area contributed by atoms with Crippen LogP contribution in [0.25, 0.3) is 5.65 Å². The molecule has 1 aliphatic rings. The van der Waals surface area contributed by atoms with Gasteiger partial charge in [0.1, 0.15) is 29.1 Å². The maximum Gasteiger partial charge on any atom is 0.256 e. The number of amides is 1. The Bertz CT molecular complexity index is 1040. The van der Waals surface area contributed by atoms with Gasteiger partial charge in [0.25, 0.3) is 5.91 Å². The number of anilines is 1. The highest BCUT2D eigenvalue weighted by Crippen LogP contribution is 2.36. The van der Waals surface area contributed by atoms with Gasteiger partial charge in [0, 0.05) is 11.8 Å². The molecule has 3 heterocycles. The van der Waals surface area contributed by atoms with Gasteiger partial charge in [-0.1, -0.05) is 0 Å². The maximum absolute atomic E-state index is 14.0. The molecule has 0 unspecified atom stereocenters. The van der Waals surface area contributed by atoms with E-state index >= 15 is 0 Å². The van der Waals surface area contributed by atoms with Crippen LogP contribution in [0.1, 0.15) is 35.8 Å². The molecule has 3 aromatic rings. The smallest absolute Gasteiger partial charge is 0.256 e. The molecule has 9 heteroatoms. The lowest BCUT2D eigenvalue weighted by molar-refractivity contribution is 0.0933. The molecule has 27 heavy (non-hydrogen) atoms. The lowest BCUT2D eigenvalue weighted by atomic mass is 10.1. The number of carbonyl (C=O) groups excluding carboxylic acids is 1. The van der Waals surface area contributed by atoms with E-state index < -0.39 is 0 Å². The van der Waals surface area contributed by atoms with Gasteiger partial charge in [-0.05, 0) is 48.0 Å². The van der Waals surface area contributed by atoms with E-state index in [9.17, 15) is 9.18 Å². The molecule has 0 saturated carbocycles. The molecule has 0 aliphatic carbocycles. The molecule has 1 aromatic carbocycles. The summed E-state index contributed by atoms with van der Waals surface area (Å²) in [6.07, 6.45) is 2.87. The van der Waals surface area contributed by atoms with Crippen LogP contribution in [0.5, 0.6) is 5.75 Å². The number of ether oxygens (including phenoxy) is 1. The number of hydrogen-bond acceptors (Lipinski definition) is 5. The molecular formula is C18H17BrFN5O2. The molecule has 140 valence electrons. The number of nitrogens with zero attached hydrogens (tertiary/aromatic N) is 3. The van der Waals surface area contributed by atoms with E-state index in [1.54, 1.807) is 12.3 Å². The van der Waals surface area contributed by atoms with E-state index in [-0.39, 0.29) is 30.4 Å². The predicted octanol–water partition coefficient (Wildman–Crippen LogP) is 3.31. The van der Waals surface area contributed by atoms with E-state index in [1.165, 1.54) is 22.8 Å². The van der Waals surface area contributed by atoms with Crippen LogP contribution in [0.3, 0.4) is 0 Å². The van der Waals surface area contributed by atoms with Gasteiger partial charge in [0.15, 0.2) is 5.65 Å². The lowest BCUT2D eigenvalue weighted by Crippen LogP contribution is -2.33. The van der Waals surface area contributed by atoms with Crippen molar-refractivity contribution >= 4 is 33.3 Å². The van der Waals surface area contributed by atoms with Crippen molar-refractivity contribution in [1.82, 2.24) is 19.9 Å². The van der Waals surface area contributed by atoms with Crippen molar-refractivity contribution in [2.45, 2.75) is 26.0 Å². The number of carbonyl (C=O) groups is 1. The first-order valence-corrected chi connectivity index (χ1v) is 9.26. The average Bonchev–Trinajstić information content (AvgIpc) is 3.04. The summed E-state index contributed by atoms with van der Waals surface area (Å²) in [5.74, 6) is 0.421. The predicted molar refractivity (Wildman–Crippen MR) is 102 cm³/mol. The van der Waals surface area contributed by atoms with Gasteiger partial charge < -0.3 is 15.4 Å². The first-order valence-electron chi connectivity index (χ1n) is 8.47. The number of benzene rings is 1. The minimum absolute atomic E-state index is 0.279. The zero-order chi connectivity index (χ0) is 19.1. The Morgan fingerprint density at radius 1 is 1.37 bits per heavy atom. The second-order valence-corrected chi connectivity index (χ2v) is 7.30. The molecule has 0 radical (unpaired) electrons. The maximum atomic E-state index is 14.0. The molecule has 4 rings (SSSR count). The lowest BCUT2D eigenvalue weighted by Gasteiger charge is -2.23. The van der Waals surface area contributed by atoms with Crippen molar-refractivity contribution < 1.29 is 13.9 Å². The van der Waals surface area contributed by atoms with Crippen LogP contribution in [0.15, 0.2) is 35.1 Å². The number of fused-ring (bicyclic) bond motifs is 2. The molecule has 2 bridgehead atoms. The van der Waals surface area contributed by atoms with Crippen molar-refractivity contribution in [2.24, 2.45) is 0 Å². The van der Waals surface area contributed by atoms with Gasteiger partial charge in [-0.3, -0.25) is 4.79 Å². The van der Waals surface area contributed by atoms with Crippen LogP contribution in [-0.2, 0) is 0 Å². The Balaban J connectivity index is 1.84. The minimum atomic E-state index is -0.371. The Labute approximate surface area is 163 Å². The molecule has 2 aromatic heterocycles. The van der Waals surface area contributed by atoms with Gasteiger partial charge >= 0.3 is 0 Å². The van der Waals surface area contributed by atoms with Crippen LogP contribution in [0.4, 0.5) is 10.2 Å². The summed E-state index contributed by atoms with van der Waals surface area (Å²) in [4.78, 5) is 17.0. The van der Waals surface area contributed by atoms with Crippen LogP contribution >= 0.6 is 15.9 Å². The first-order chi connectivity index (χ1) is 12.9.